The molecule has 114 valence electrons. The molecule has 0 aromatic heterocycles. The molecule has 4 atom stereocenters. The van der Waals surface area contributed by atoms with Gasteiger partial charge in [-0.15, -0.1) is 0 Å². The zero-order chi connectivity index (χ0) is 15.0. The minimum absolute atomic E-state index is 0.00283. The van der Waals surface area contributed by atoms with Crippen LogP contribution in [0.25, 0.3) is 0 Å². The van der Waals surface area contributed by atoms with Gasteiger partial charge in [-0.2, -0.15) is 5.48 Å². The van der Waals surface area contributed by atoms with Crippen molar-refractivity contribution < 1.29 is 9.63 Å². The van der Waals surface area contributed by atoms with E-state index < -0.39 is 0 Å². The van der Waals surface area contributed by atoms with E-state index in [-0.39, 0.29) is 30.4 Å². The van der Waals surface area contributed by atoms with Crippen LogP contribution in [-0.2, 0) is 16.1 Å². The summed E-state index contributed by atoms with van der Waals surface area (Å²) in [6, 6.07) is 5.83. The SMILES string of the molecule is Cc1cccc2c1NC(C(=O)NC(C)C1NC(C)NO1)C2. The molecule has 6 heteroatoms. The van der Waals surface area contributed by atoms with Crippen LogP contribution in [0.15, 0.2) is 18.2 Å². The van der Waals surface area contributed by atoms with Crippen LogP contribution in [0.5, 0.6) is 0 Å². The van der Waals surface area contributed by atoms with Gasteiger partial charge in [0.15, 0.2) is 6.23 Å². The molecule has 0 saturated carbocycles. The van der Waals surface area contributed by atoms with Crippen molar-refractivity contribution in [3.63, 3.8) is 0 Å². The fourth-order valence-electron chi connectivity index (χ4n) is 2.85. The molecule has 1 saturated heterocycles. The summed E-state index contributed by atoms with van der Waals surface area (Å²) in [5, 5.41) is 9.54. The maximum atomic E-state index is 12.4. The smallest absolute Gasteiger partial charge is 0.243 e. The Balaban J connectivity index is 1.59. The van der Waals surface area contributed by atoms with E-state index in [1.165, 1.54) is 11.1 Å². The van der Waals surface area contributed by atoms with Crippen LogP contribution in [0.4, 0.5) is 5.69 Å². The molecule has 1 aromatic rings. The summed E-state index contributed by atoms with van der Waals surface area (Å²) in [4.78, 5) is 17.8. The van der Waals surface area contributed by atoms with E-state index in [4.69, 9.17) is 4.84 Å². The number of aryl methyl sites for hydroxylation is 1. The van der Waals surface area contributed by atoms with Gasteiger partial charge in [0.1, 0.15) is 6.04 Å². The summed E-state index contributed by atoms with van der Waals surface area (Å²) in [5.74, 6) is 0.00283. The minimum Gasteiger partial charge on any atom is -0.373 e. The highest BCUT2D eigenvalue weighted by molar-refractivity contribution is 5.88. The van der Waals surface area contributed by atoms with Crippen molar-refractivity contribution in [3.05, 3.63) is 29.3 Å². The number of anilines is 1. The molecule has 2 heterocycles. The van der Waals surface area contributed by atoms with Gasteiger partial charge in [0.25, 0.3) is 0 Å². The number of hydrogen-bond acceptors (Lipinski definition) is 5. The van der Waals surface area contributed by atoms with Crippen LogP contribution in [0.1, 0.15) is 25.0 Å². The maximum absolute atomic E-state index is 12.4. The van der Waals surface area contributed by atoms with E-state index in [0.29, 0.717) is 0 Å². The lowest BCUT2D eigenvalue weighted by molar-refractivity contribution is -0.123. The number of para-hydroxylation sites is 1. The molecule has 1 fully saturated rings. The monoisotopic (exact) mass is 290 g/mol. The zero-order valence-electron chi connectivity index (χ0n) is 12.6. The summed E-state index contributed by atoms with van der Waals surface area (Å²) in [7, 11) is 0. The molecule has 0 spiro atoms. The third-order valence-corrected chi connectivity index (χ3v) is 4.03. The van der Waals surface area contributed by atoms with Crippen LogP contribution in [0.2, 0.25) is 0 Å². The number of hydrogen-bond donors (Lipinski definition) is 4. The first-order valence-electron chi connectivity index (χ1n) is 7.37. The van der Waals surface area contributed by atoms with Crippen molar-refractivity contribution in [2.24, 2.45) is 0 Å². The first kappa shape index (κ1) is 14.3. The van der Waals surface area contributed by atoms with E-state index in [2.05, 4.69) is 40.5 Å². The largest absolute Gasteiger partial charge is 0.373 e. The normalized spacial score (nSPS) is 28.8. The summed E-state index contributed by atoms with van der Waals surface area (Å²) in [6.45, 7) is 5.95. The van der Waals surface area contributed by atoms with Crippen LogP contribution in [0, 0.1) is 6.92 Å². The molecule has 6 nitrogen and oxygen atoms in total. The molecule has 0 radical (unpaired) electrons. The van der Waals surface area contributed by atoms with Crippen molar-refractivity contribution in [2.45, 2.75) is 51.7 Å². The standard InChI is InChI=1S/C15H22N4O2/c1-8-5-4-6-11-7-12(18-13(8)11)14(20)16-9(2)15-17-10(3)19-21-15/h4-6,9-10,12,15,17-19H,7H2,1-3H3,(H,16,20). The summed E-state index contributed by atoms with van der Waals surface area (Å²) in [6.07, 6.45) is 0.601. The number of benzene rings is 1. The molecule has 0 aliphatic carbocycles. The van der Waals surface area contributed by atoms with Gasteiger partial charge in [0.05, 0.1) is 12.2 Å². The third kappa shape index (κ3) is 2.88. The number of rotatable bonds is 3. The van der Waals surface area contributed by atoms with E-state index in [0.717, 1.165) is 12.1 Å². The average Bonchev–Trinajstić information content (AvgIpc) is 3.05. The van der Waals surface area contributed by atoms with Gasteiger partial charge >= 0.3 is 0 Å². The van der Waals surface area contributed by atoms with Crippen LogP contribution in [0.3, 0.4) is 0 Å². The van der Waals surface area contributed by atoms with Crippen molar-refractivity contribution >= 4 is 11.6 Å². The van der Waals surface area contributed by atoms with Gasteiger partial charge in [-0.25, -0.2) is 0 Å². The Labute approximate surface area is 124 Å². The highest BCUT2D eigenvalue weighted by Gasteiger charge is 2.32. The highest BCUT2D eigenvalue weighted by atomic mass is 16.7. The van der Waals surface area contributed by atoms with E-state index >= 15 is 0 Å². The Morgan fingerprint density at radius 1 is 1.48 bits per heavy atom. The Kier molecular flexibility index (Phi) is 3.84. The Morgan fingerprint density at radius 3 is 2.95 bits per heavy atom. The van der Waals surface area contributed by atoms with Gasteiger partial charge < -0.3 is 10.6 Å². The molecule has 3 rings (SSSR count). The fourth-order valence-corrected chi connectivity index (χ4v) is 2.85. The second kappa shape index (κ2) is 5.63. The second-order valence-electron chi connectivity index (χ2n) is 5.85. The maximum Gasteiger partial charge on any atom is 0.243 e. The molecule has 21 heavy (non-hydrogen) atoms. The van der Waals surface area contributed by atoms with Crippen molar-refractivity contribution in [2.75, 3.05) is 5.32 Å². The van der Waals surface area contributed by atoms with Crippen LogP contribution >= 0.6 is 0 Å². The molecule has 4 N–H and O–H groups in total. The van der Waals surface area contributed by atoms with Gasteiger partial charge in [-0.3, -0.25) is 14.9 Å². The lowest BCUT2D eigenvalue weighted by Gasteiger charge is -2.21. The van der Waals surface area contributed by atoms with Crippen molar-refractivity contribution in [1.29, 1.82) is 0 Å². The quantitative estimate of drug-likeness (QED) is 0.657. The van der Waals surface area contributed by atoms with E-state index in [1.807, 2.05) is 19.9 Å². The Morgan fingerprint density at radius 2 is 2.29 bits per heavy atom. The number of nitrogens with one attached hydrogen (secondary N) is 4. The van der Waals surface area contributed by atoms with Gasteiger partial charge in [0.2, 0.25) is 5.91 Å². The van der Waals surface area contributed by atoms with Crippen LogP contribution < -0.4 is 21.4 Å². The first-order chi connectivity index (χ1) is 10.0. The number of carbonyl (C=O) groups excluding carboxylic acids is 1. The molecule has 2 aliphatic rings. The van der Waals surface area contributed by atoms with Gasteiger partial charge in [-0.05, 0) is 31.9 Å². The van der Waals surface area contributed by atoms with Crippen molar-refractivity contribution in [3.8, 4) is 0 Å². The van der Waals surface area contributed by atoms with Crippen molar-refractivity contribution in [1.82, 2.24) is 16.1 Å². The van der Waals surface area contributed by atoms with Gasteiger partial charge in [0, 0.05) is 12.1 Å². The predicted molar refractivity (Wildman–Crippen MR) is 80.5 cm³/mol. The predicted octanol–water partition coefficient (Wildman–Crippen LogP) is 0.633. The lowest BCUT2D eigenvalue weighted by Crippen LogP contribution is -2.51. The van der Waals surface area contributed by atoms with E-state index in [1.54, 1.807) is 0 Å². The summed E-state index contributed by atoms with van der Waals surface area (Å²) in [5.41, 5.74) is 6.31. The highest BCUT2D eigenvalue weighted by Crippen LogP contribution is 2.29. The molecule has 2 aliphatic heterocycles. The molecular formula is C15H22N4O2. The summed E-state index contributed by atoms with van der Waals surface area (Å²) < 4.78 is 0. The fraction of sp³-hybridized carbons (Fsp3) is 0.533. The molecule has 4 unspecified atom stereocenters. The zero-order valence-corrected chi connectivity index (χ0v) is 12.6. The second-order valence-corrected chi connectivity index (χ2v) is 5.85. The number of hydroxylamine groups is 1. The lowest BCUT2D eigenvalue weighted by atomic mass is 10.1. The molecule has 1 amide bonds. The van der Waals surface area contributed by atoms with Gasteiger partial charge in [-0.1, -0.05) is 18.2 Å². The molecular weight excluding hydrogens is 268 g/mol. The molecule has 0 bridgehead atoms. The molecule has 1 aromatic carbocycles. The Hall–Kier alpha value is -1.63. The average molecular weight is 290 g/mol. The number of carbonyl (C=O) groups is 1. The topological polar surface area (TPSA) is 74.4 Å². The number of fused-ring (bicyclic) bond motifs is 1. The van der Waals surface area contributed by atoms with E-state index in [9.17, 15) is 4.79 Å². The van der Waals surface area contributed by atoms with Crippen LogP contribution in [-0.4, -0.2) is 30.4 Å². The summed E-state index contributed by atoms with van der Waals surface area (Å²) >= 11 is 0. The first-order valence-corrected chi connectivity index (χ1v) is 7.37. The Bertz CT molecular complexity index is 548. The minimum atomic E-state index is -0.213. The number of amides is 1. The third-order valence-electron chi connectivity index (χ3n) is 4.03.